The largest absolute Gasteiger partial charge is 0.326 e. The van der Waals surface area contributed by atoms with Crippen molar-refractivity contribution in [1.82, 2.24) is 5.32 Å². The molecule has 2 aliphatic rings. The quantitative estimate of drug-likeness (QED) is 0.828. The normalized spacial score (nSPS) is 21.4. The van der Waals surface area contributed by atoms with Gasteiger partial charge in [0, 0.05) is 17.8 Å². The predicted octanol–water partition coefficient (Wildman–Crippen LogP) is 3.01. The molecule has 2 aromatic rings. The van der Waals surface area contributed by atoms with Crippen molar-refractivity contribution in [1.29, 1.82) is 0 Å². The van der Waals surface area contributed by atoms with E-state index in [9.17, 15) is 9.59 Å². The van der Waals surface area contributed by atoms with Gasteiger partial charge in [0.05, 0.1) is 11.8 Å². The zero-order chi connectivity index (χ0) is 16.6. The highest BCUT2D eigenvalue weighted by molar-refractivity contribution is 6.04. The Morgan fingerprint density at radius 3 is 2.64 bits per heavy atom. The molecule has 130 valence electrons. The highest BCUT2D eigenvalue weighted by Crippen LogP contribution is 2.35. The number of amides is 1. The first-order chi connectivity index (χ1) is 11.7. The first-order valence-electron chi connectivity index (χ1n) is 8.39. The van der Waals surface area contributed by atoms with Crippen LogP contribution in [0.25, 0.3) is 0 Å². The van der Waals surface area contributed by atoms with Crippen LogP contribution in [0.1, 0.15) is 27.9 Å². The number of Topliss-reactive ketones (excluding diaryl/α,β-unsaturated/α-hetero) is 1. The van der Waals surface area contributed by atoms with Crippen molar-refractivity contribution < 1.29 is 9.59 Å². The van der Waals surface area contributed by atoms with Crippen LogP contribution in [0.15, 0.2) is 48.5 Å². The van der Waals surface area contributed by atoms with Gasteiger partial charge < -0.3 is 10.6 Å². The summed E-state index contributed by atoms with van der Waals surface area (Å²) in [7, 11) is 0. The first-order valence-corrected chi connectivity index (χ1v) is 8.39. The van der Waals surface area contributed by atoms with Gasteiger partial charge in [-0.15, -0.1) is 12.4 Å². The lowest BCUT2D eigenvalue weighted by Crippen LogP contribution is -2.36. The first kappa shape index (κ1) is 17.6. The molecule has 0 saturated carbocycles. The molecule has 1 atom stereocenters. The van der Waals surface area contributed by atoms with Crippen molar-refractivity contribution in [3.63, 3.8) is 0 Å². The minimum atomic E-state index is -0.397. The van der Waals surface area contributed by atoms with Gasteiger partial charge in [0.15, 0.2) is 5.78 Å². The summed E-state index contributed by atoms with van der Waals surface area (Å²) in [6, 6.07) is 15.8. The Balaban J connectivity index is 0.00000182. The SMILES string of the molecule is Cl.O=C1Cc2cc(C(=O)C3(Cc4ccccc4)CCNC3)ccc2N1. The highest BCUT2D eigenvalue weighted by Gasteiger charge is 2.41. The van der Waals surface area contributed by atoms with Crippen molar-refractivity contribution in [2.24, 2.45) is 5.41 Å². The number of hydrogen-bond acceptors (Lipinski definition) is 3. The van der Waals surface area contributed by atoms with E-state index in [4.69, 9.17) is 0 Å². The fourth-order valence-corrected chi connectivity index (χ4v) is 3.83. The standard InChI is InChI=1S/C20H20N2O2.ClH/c23-18-11-16-10-15(6-7-17(16)22-18)19(24)20(8-9-21-13-20)12-14-4-2-1-3-5-14;/h1-7,10,21H,8-9,11-13H2,(H,22,23);1H. The summed E-state index contributed by atoms with van der Waals surface area (Å²) >= 11 is 0. The monoisotopic (exact) mass is 356 g/mol. The summed E-state index contributed by atoms with van der Waals surface area (Å²) in [4.78, 5) is 24.8. The minimum Gasteiger partial charge on any atom is -0.326 e. The topological polar surface area (TPSA) is 58.2 Å². The van der Waals surface area contributed by atoms with Gasteiger partial charge in [0.1, 0.15) is 0 Å². The van der Waals surface area contributed by atoms with Gasteiger partial charge in [-0.25, -0.2) is 0 Å². The molecule has 0 spiro atoms. The third kappa shape index (κ3) is 3.32. The van der Waals surface area contributed by atoms with Crippen LogP contribution in [-0.2, 0) is 17.6 Å². The second-order valence-electron chi connectivity index (χ2n) is 6.80. The molecular formula is C20H21ClN2O2. The maximum absolute atomic E-state index is 13.3. The fourth-order valence-electron chi connectivity index (χ4n) is 3.83. The molecule has 0 radical (unpaired) electrons. The van der Waals surface area contributed by atoms with E-state index in [0.29, 0.717) is 18.5 Å². The number of hydrogen-bond donors (Lipinski definition) is 2. The van der Waals surface area contributed by atoms with Crippen LogP contribution in [0.2, 0.25) is 0 Å². The van der Waals surface area contributed by atoms with E-state index in [1.165, 1.54) is 5.56 Å². The molecule has 2 N–H and O–H groups in total. The molecular weight excluding hydrogens is 336 g/mol. The fraction of sp³-hybridized carbons (Fsp3) is 0.300. The number of rotatable bonds is 4. The van der Waals surface area contributed by atoms with Crippen molar-refractivity contribution in [3.05, 3.63) is 65.2 Å². The summed E-state index contributed by atoms with van der Waals surface area (Å²) in [5.41, 5.74) is 3.26. The molecule has 2 heterocycles. The molecule has 2 aromatic carbocycles. The minimum absolute atomic E-state index is 0. The molecule has 1 unspecified atom stereocenters. The Kier molecular flexibility index (Phi) is 4.93. The van der Waals surface area contributed by atoms with E-state index < -0.39 is 5.41 Å². The van der Waals surface area contributed by atoms with Crippen LogP contribution in [0.3, 0.4) is 0 Å². The molecule has 0 aromatic heterocycles. The molecule has 0 bridgehead atoms. The summed E-state index contributed by atoms with van der Waals surface area (Å²) in [5, 5.41) is 6.18. The Labute approximate surface area is 153 Å². The van der Waals surface area contributed by atoms with E-state index in [2.05, 4.69) is 22.8 Å². The third-order valence-corrected chi connectivity index (χ3v) is 5.10. The van der Waals surface area contributed by atoms with Gasteiger partial charge >= 0.3 is 0 Å². The summed E-state index contributed by atoms with van der Waals surface area (Å²) in [5.74, 6) is 0.176. The number of nitrogens with one attached hydrogen (secondary N) is 2. The average molecular weight is 357 g/mol. The van der Waals surface area contributed by atoms with Gasteiger partial charge in [-0.3, -0.25) is 9.59 Å². The molecule has 4 nitrogen and oxygen atoms in total. The molecule has 1 saturated heterocycles. The van der Waals surface area contributed by atoms with E-state index in [1.807, 2.05) is 36.4 Å². The number of ketones is 1. The third-order valence-electron chi connectivity index (χ3n) is 5.10. The molecule has 2 aliphatic heterocycles. The zero-order valence-corrected chi connectivity index (χ0v) is 14.7. The van der Waals surface area contributed by atoms with Crippen LogP contribution < -0.4 is 10.6 Å². The maximum Gasteiger partial charge on any atom is 0.228 e. The van der Waals surface area contributed by atoms with E-state index >= 15 is 0 Å². The van der Waals surface area contributed by atoms with Gasteiger partial charge in [-0.05, 0) is 48.7 Å². The second kappa shape index (κ2) is 6.98. The molecule has 1 amide bonds. The van der Waals surface area contributed by atoms with Crippen LogP contribution >= 0.6 is 12.4 Å². The Morgan fingerprint density at radius 2 is 1.92 bits per heavy atom. The lowest BCUT2D eigenvalue weighted by molar-refractivity contribution is -0.115. The zero-order valence-electron chi connectivity index (χ0n) is 13.9. The number of carbonyl (C=O) groups excluding carboxylic acids is 2. The number of anilines is 1. The summed E-state index contributed by atoms with van der Waals surface area (Å²) in [6.45, 7) is 1.57. The molecule has 1 fully saturated rings. The van der Waals surface area contributed by atoms with Crippen LogP contribution in [0.5, 0.6) is 0 Å². The molecule has 0 aliphatic carbocycles. The second-order valence-corrected chi connectivity index (χ2v) is 6.80. The van der Waals surface area contributed by atoms with E-state index in [1.54, 1.807) is 0 Å². The summed E-state index contributed by atoms with van der Waals surface area (Å²) < 4.78 is 0. The number of halogens is 1. The molecule has 25 heavy (non-hydrogen) atoms. The van der Waals surface area contributed by atoms with Crippen molar-refractivity contribution in [2.45, 2.75) is 19.3 Å². The van der Waals surface area contributed by atoms with Gasteiger partial charge in [0.2, 0.25) is 5.91 Å². The van der Waals surface area contributed by atoms with E-state index in [0.717, 1.165) is 30.6 Å². The molecule has 4 rings (SSSR count). The molecule has 5 heteroatoms. The number of fused-ring (bicyclic) bond motifs is 1. The van der Waals surface area contributed by atoms with Gasteiger partial charge in [-0.1, -0.05) is 30.3 Å². The van der Waals surface area contributed by atoms with Crippen LogP contribution in [0, 0.1) is 5.41 Å². The predicted molar refractivity (Wildman–Crippen MR) is 100 cm³/mol. The van der Waals surface area contributed by atoms with Crippen molar-refractivity contribution >= 4 is 29.8 Å². The Hall–Kier alpha value is -2.17. The lowest BCUT2D eigenvalue weighted by Gasteiger charge is -2.27. The average Bonchev–Trinajstić information content (AvgIpc) is 3.20. The van der Waals surface area contributed by atoms with E-state index in [-0.39, 0.29) is 24.1 Å². The smallest absolute Gasteiger partial charge is 0.228 e. The number of carbonyl (C=O) groups is 2. The summed E-state index contributed by atoms with van der Waals surface area (Å²) in [6.07, 6.45) is 1.95. The van der Waals surface area contributed by atoms with Crippen molar-refractivity contribution in [2.75, 3.05) is 18.4 Å². The highest BCUT2D eigenvalue weighted by atomic mass is 35.5. The lowest BCUT2D eigenvalue weighted by atomic mass is 9.74. The van der Waals surface area contributed by atoms with Gasteiger partial charge in [-0.2, -0.15) is 0 Å². The van der Waals surface area contributed by atoms with Crippen LogP contribution in [0.4, 0.5) is 5.69 Å². The van der Waals surface area contributed by atoms with Crippen molar-refractivity contribution in [3.8, 4) is 0 Å². The Bertz CT molecular complexity index is 799. The maximum atomic E-state index is 13.3. The number of benzene rings is 2. The van der Waals surface area contributed by atoms with Crippen LogP contribution in [-0.4, -0.2) is 24.8 Å². The Morgan fingerprint density at radius 1 is 1.12 bits per heavy atom. The van der Waals surface area contributed by atoms with Gasteiger partial charge in [0.25, 0.3) is 0 Å².